The summed E-state index contributed by atoms with van der Waals surface area (Å²) in [6, 6.07) is 14.7. The van der Waals surface area contributed by atoms with E-state index < -0.39 is 0 Å². The second kappa shape index (κ2) is 8.49. The van der Waals surface area contributed by atoms with Crippen molar-refractivity contribution in [2.75, 3.05) is 13.1 Å². The van der Waals surface area contributed by atoms with Crippen molar-refractivity contribution in [1.29, 1.82) is 0 Å². The third-order valence-electron chi connectivity index (χ3n) is 4.96. The van der Waals surface area contributed by atoms with Crippen LogP contribution in [-0.2, 0) is 6.54 Å². The average Bonchev–Trinajstić information content (AvgIpc) is 3.44. The smallest absolute Gasteiger partial charge is 0.254 e. The Morgan fingerprint density at radius 1 is 1.03 bits per heavy atom. The Morgan fingerprint density at radius 2 is 1.83 bits per heavy atom. The van der Waals surface area contributed by atoms with Crippen LogP contribution < -0.4 is 5.32 Å². The fourth-order valence-corrected chi connectivity index (χ4v) is 3.63. The van der Waals surface area contributed by atoms with Crippen molar-refractivity contribution >= 4 is 23.4 Å². The summed E-state index contributed by atoms with van der Waals surface area (Å²) in [7, 11) is 0. The summed E-state index contributed by atoms with van der Waals surface area (Å²) >= 11 is 6.18. The molecule has 29 heavy (non-hydrogen) atoms. The number of likely N-dealkylation sites (tertiary alicyclic amines) is 1. The fraction of sp³-hybridized carbons (Fsp3) is 0.227. The lowest BCUT2D eigenvalue weighted by Crippen LogP contribution is -2.28. The Hall–Kier alpha value is -3.12. The lowest BCUT2D eigenvalue weighted by Gasteiger charge is -2.15. The summed E-state index contributed by atoms with van der Waals surface area (Å²) in [4.78, 5) is 26.9. The number of nitrogens with zero attached hydrogens (tertiary/aromatic N) is 3. The minimum absolute atomic E-state index is 0.0525. The van der Waals surface area contributed by atoms with Crippen LogP contribution in [0.3, 0.4) is 0 Å². The van der Waals surface area contributed by atoms with Gasteiger partial charge in [0.05, 0.1) is 22.5 Å². The molecule has 2 amide bonds. The van der Waals surface area contributed by atoms with Crippen LogP contribution in [0.15, 0.2) is 60.9 Å². The van der Waals surface area contributed by atoms with Crippen LogP contribution >= 0.6 is 11.6 Å². The number of benzene rings is 2. The Morgan fingerprint density at radius 3 is 2.62 bits per heavy atom. The summed E-state index contributed by atoms with van der Waals surface area (Å²) in [6.07, 6.45) is 5.27. The largest absolute Gasteiger partial charge is 0.348 e. The van der Waals surface area contributed by atoms with E-state index in [0.29, 0.717) is 28.4 Å². The van der Waals surface area contributed by atoms with Crippen molar-refractivity contribution in [3.05, 3.63) is 82.6 Å². The molecule has 7 heteroatoms. The van der Waals surface area contributed by atoms with E-state index in [4.69, 9.17) is 11.6 Å². The molecule has 0 unspecified atom stereocenters. The van der Waals surface area contributed by atoms with Crippen LogP contribution in [0.4, 0.5) is 0 Å². The highest BCUT2D eigenvalue weighted by Gasteiger charge is 2.19. The van der Waals surface area contributed by atoms with E-state index in [1.807, 2.05) is 47.4 Å². The van der Waals surface area contributed by atoms with Gasteiger partial charge in [-0.2, -0.15) is 5.10 Å². The molecule has 1 aliphatic rings. The molecule has 4 rings (SSSR count). The van der Waals surface area contributed by atoms with E-state index in [1.54, 1.807) is 16.9 Å². The lowest BCUT2D eigenvalue weighted by molar-refractivity contribution is 0.0792. The summed E-state index contributed by atoms with van der Waals surface area (Å²) in [5.41, 5.74) is 2.68. The molecule has 1 saturated heterocycles. The van der Waals surface area contributed by atoms with Crippen molar-refractivity contribution in [3.63, 3.8) is 0 Å². The molecule has 3 aromatic rings. The van der Waals surface area contributed by atoms with Gasteiger partial charge in [-0.25, -0.2) is 4.68 Å². The zero-order chi connectivity index (χ0) is 20.2. The van der Waals surface area contributed by atoms with Gasteiger partial charge in [0.15, 0.2) is 0 Å². The van der Waals surface area contributed by atoms with E-state index >= 15 is 0 Å². The summed E-state index contributed by atoms with van der Waals surface area (Å²) in [6.45, 7) is 1.96. The molecular weight excluding hydrogens is 388 g/mol. The number of rotatable bonds is 5. The molecule has 0 spiro atoms. The quantitative estimate of drug-likeness (QED) is 0.700. The second-order valence-corrected chi connectivity index (χ2v) is 7.41. The highest BCUT2D eigenvalue weighted by Crippen LogP contribution is 2.19. The van der Waals surface area contributed by atoms with E-state index in [0.717, 1.165) is 31.5 Å². The van der Waals surface area contributed by atoms with E-state index in [-0.39, 0.29) is 11.8 Å². The summed E-state index contributed by atoms with van der Waals surface area (Å²) in [5, 5.41) is 7.66. The number of halogens is 1. The van der Waals surface area contributed by atoms with Crippen LogP contribution in [0, 0.1) is 0 Å². The molecule has 0 aliphatic carbocycles. The van der Waals surface area contributed by atoms with E-state index in [9.17, 15) is 9.59 Å². The highest BCUT2D eigenvalue weighted by atomic mass is 35.5. The zero-order valence-corrected chi connectivity index (χ0v) is 16.6. The molecule has 0 atom stereocenters. The minimum Gasteiger partial charge on any atom is -0.348 e. The van der Waals surface area contributed by atoms with Gasteiger partial charge in [0.25, 0.3) is 11.8 Å². The number of amides is 2. The van der Waals surface area contributed by atoms with Crippen LogP contribution in [-0.4, -0.2) is 39.6 Å². The van der Waals surface area contributed by atoms with Crippen LogP contribution in [0.2, 0.25) is 5.02 Å². The standard InChI is InChI=1S/C22H21ClN4O2/c23-19-8-1-2-9-20(19)27-15-18(14-25-27)21(28)24-13-16-6-5-7-17(12-16)22(29)26-10-3-4-11-26/h1-2,5-9,12,14-15H,3-4,10-11,13H2,(H,24,28). The topological polar surface area (TPSA) is 67.2 Å². The maximum atomic E-state index is 12.5. The lowest BCUT2D eigenvalue weighted by atomic mass is 10.1. The summed E-state index contributed by atoms with van der Waals surface area (Å²) < 4.78 is 1.58. The predicted octanol–water partition coefficient (Wildman–Crippen LogP) is 3.69. The molecule has 1 aliphatic heterocycles. The number of para-hydroxylation sites is 1. The van der Waals surface area contributed by atoms with Gasteiger partial charge in [-0.1, -0.05) is 35.9 Å². The fourth-order valence-electron chi connectivity index (χ4n) is 3.41. The van der Waals surface area contributed by atoms with Gasteiger partial charge in [-0.3, -0.25) is 9.59 Å². The molecule has 2 heterocycles. The van der Waals surface area contributed by atoms with Crippen molar-refractivity contribution in [2.24, 2.45) is 0 Å². The third kappa shape index (κ3) is 4.32. The Kier molecular flexibility index (Phi) is 5.62. The first kappa shape index (κ1) is 19.2. The third-order valence-corrected chi connectivity index (χ3v) is 5.28. The molecule has 0 radical (unpaired) electrons. The number of nitrogens with one attached hydrogen (secondary N) is 1. The van der Waals surface area contributed by atoms with E-state index in [1.165, 1.54) is 6.20 Å². The Labute approximate surface area is 174 Å². The minimum atomic E-state index is -0.237. The van der Waals surface area contributed by atoms with Crippen LogP contribution in [0.5, 0.6) is 0 Å². The van der Waals surface area contributed by atoms with Gasteiger partial charge in [-0.05, 0) is 42.7 Å². The Balaban J connectivity index is 1.41. The van der Waals surface area contributed by atoms with Gasteiger partial charge in [0, 0.05) is 31.4 Å². The molecule has 6 nitrogen and oxygen atoms in total. The Bertz CT molecular complexity index is 1040. The molecule has 1 N–H and O–H groups in total. The number of carbonyl (C=O) groups excluding carboxylic acids is 2. The normalized spacial score (nSPS) is 13.5. The molecule has 148 valence electrons. The number of hydrogen-bond acceptors (Lipinski definition) is 3. The predicted molar refractivity (Wildman–Crippen MR) is 111 cm³/mol. The molecule has 0 bridgehead atoms. The first-order valence-electron chi connectivity index (χ1n) is 9.58. The van der Waals surface area contributed by atoms with Crippen molar-refractivity contribution in [2.45, 2.75) is 19.4 Å². The van der Waals surface area contributed by atoms with Crippen molar-refractivity contribution in [1.82, 2.24) is 20.0 Å². The molecule has 2 aromatic carbocycles. The van der Waals surface area contributed by atoms with Gasteiger partial charge in [0.2, 0.25) is 0 Å². The van der Waals surface area contributed by atoms with Crippen LogP contribution in [0.25, 0.3) is 5.69 Å². The maximum Gasteiger partial charge on any atom is 0.254 e. The summed E-state index contributed by atoms with van der Waals surface area (Å²) in [5.74, 6) is -0.184. The van der Waals surface area contributed by atoms with E-state index in [2.05, 4.69) is 10.4 Å². The van der Waals surface area contributed by atoms with Gasteiger partial charge < -0.3 is 10.2 Å². The zero-order valence-electron chi connectivity index (χ0n) is 15.8. The second-order valence-electron chi connectivity index (χ2n) is 7.01. The molecular formula is C22H21ClN4O2. The highest BCUT2D eigenvalue weighted by molar-refractivity contribution is 6.32. The maximum absolute atomic E-state index is 12.5. The first-order chi connectivity index (χ1) is 14.1. The van der Waals surface area contributed by atoms with Gasteiger partial charge in [0.1, 0.15) is 0 Å². The van der Waals surface area contributed by atoms with Gasteiger partial charge in [-0.15, -0.1) is 0 Å². The molecule has 1 fully saturated rings. The molecule has 1 aromatic heterocycles. The SMILES string of the molecule is O=C(NCc1cccc(C(=O)N2CCCC2)c1)c1cnn(-c2ccccc2Cl)c1. The monoisotopic (exact) mass is 408 g/mol. The van der Waals surface area contributed by atoms with Crippen LogP contribution in [0.1, 0.15) is 39.1 Å². The van der Waals surface area contributed by atoms with Gasteiger partial charge >= 0.3 is 0 Å². The van der Waals surface area contributed by atoms with Crippen molar-refractivity contribution < 1.29 is 9.59 Å². The molecule has 0 saturated carbocycles. The average molecular weight is 409 g/mol. The number of aromatic nitrogens is 2. The van der Waals surface area contributed by atoms with Crippen molar-refractivity contribution in [3.8, 4) is 5.69 Å². The number of hydrogen-bond donors (Lipinski definition) is 1. The first-order valence-corrected chi connectivity index (χ1v) is 9.95. The number of carbonyl (C=O) groups is 2.